The molecule has 0 aromatic carbocycles. The number of carbonyl (C=O) groups excluding carboxylic acids is 2. The van der Waals surface area contributed by atoms with Crippen LogP contribution in [0, 0.1) is 0 Å². The Bertz CT molecular complexity index is 542. The van der Waals surface area contributed by atoms with Crippen molar-refractivity contribution in [1.82, 2.24) is 9.55 Å². The zero-order chi connectivity index (χ0) is 12.3. The van der Waals surface area contributed by atoms with Gasteiger partial charge in [-0.15, -0.1) is 0 Å². The molecular formula is C8H10N4O4. The lowest BCUT2D eigenvalue weighted by Crippen LogP contribution is -2.33. The van der Waals surface area contributed by atoms with Crippen LogP contribution in [0.4, 0.5) is 11.5 Å². The molecule has 0 unspecified atom stereocenters. The van der Waals surface area contributed by atoms with E-state index in [2.05, 4.69) is 10.6 Å². The SMILES string of the molecule is CC(=O)Nc1c(NC=O)n(C)c(=O)[nH]c1=O. The van der Waals surface area contributed by atoms with Gasteiger partial charge in [-0.2, -0.15) is 0 Å². The molecule has 0 atom stereocenters. The fourth-order valence-electron chi connectivity index (χ4n) is 1.14. The number of hydrogen-bond donors (Lipinski definition) is 3. The molecule has 0 aliphatic heterocycles. The second kappa shape index (κ2) is 4.43. The van der Waals surface area contributed by atoms with Gasteiger partial charge in [-0.05, 0) is 0 Å². The molecule has 8 nitrogen and oxygen atoms in total. The minimum Gasteiger partial charge on any atom is -0.319 e. The molecule has 0 aliphatic carbocycles. The lowest BCUT2D eigenvalue weighted by Gasteiger charge is -2.10. The van der Waals surface area contributed by atoms with Crippen LogP contribution in [-0.2, 0) is 16.6 Å². The number of nitrogens with zero attached hydrogens (tertiary/aromatic N) is 1. The molecule has 2 amide bonds. The first-order valence-corrected chi connectivity index (χ1v) is 4.28. The largest absolute Gasteiger partial charge is 0.329 e. The summed E-state index contributed by atoms with van der Waals surface area (Å²) in [6, 6.07) is 0. The Morgan fingerprint density at radius 1 is 1.44 bits per heavy atom. The van der Waals surface area contributed by atoms with Crippen molar-refractivity contribution in [2.45, 2.75) is 6.92 Å². The normalized spacial score (nSPS) is 9.62. The molecule has 0 saturated carbocycles. The average molecular weight is 226 g/mol. The van der Waals surface area contributed by atoms with Gasteiger partial charge in [0, 0.05) is 14.0 Å². The van der Waals surface area contributed by atoms with Crippen LogP contribution in [0.2, 0.25) is 0 Å². The van der Waals surface area contributed by atoms with Crippen LogP contribution < -0.4 is 21.9 Å². The Labute approximate surface area is 89.3 Å². The lowest BCUT2D eigenvalue weighted by atomic mass is 10.4. The third kappa shape index (κ3) is 2.16. The number of aromatic nitrogens is 2. The predicted molar refractivity (Wildman–Crippen MR) is 56.3 cm³/mol. The highest BCUT2D eigenvalue weighted by atomic mass is 16.2. The number of aromatic amines is 1. The predicted octanol–water partition coefficient (Wildman–Crippen LogP) is -1.40. The Hall–Kier alpha value is -2.38. The molecule has 0 saturated heterocycles. The molecule has 8 heteroatoms. The summed E-state index contributed by atoms with van der Waals surface area (Å²) in [7, 11) is 1.34. The maximum absolute atomic E-state index is 11.4. The van der Waals surface area contributed by atoms with Crippen LogP contribution in [0.5, 0.6) is 0 Å². The van der Waals surface area contributed by atoms with Crippen LogP contribution >= 0.6 is 0 Å². The second-order valence-electron chi connectivity index (χ2n) is 2.99. The Morgan fingerprint density at radius 3 is 2.56 bits per heavy atom. The van der Waals surface area contributed by atoms with E-state index in [0.717, 1.165) is 4.57 Å². The van der Waals surface area contributed by atoms with E-state index in [1.54, 1.807) is 0 Å². The Morgan fingerprint density at radius 2 is 2.06 bits per heavy atom. The molecule has 0 radical (unpaired) electrons. The minimum atomic E-state index is -0.775. The summed E-state index contributed by atoms with van der Waals surface area (Å²) >= 11 is 0. The van der Waals surface area contributed by atoms with Crippen LogP contribution in [0.25, 0.3) is 0 Å². The molecule has 0 bridgehead atoms. The van der Waals surface area contributed by atoms with E-state index in [9.17, 15) is 19.2 Å². The number of amides is 2. The van der Waals surface area contributed by atoms with Crippen molar-refractivity contribution in [2.24, 2.45) is 7.05 Å². The number of rotatable bonds is 3. The Balaban J connectivity index is 3.49. The molecule has 0 aliphatic rings. The number of hydrogen-bond acceptors (Lipinski definition) is 4. The van der Waals surface area contributed by atoms with E-state index in [0.29, 0.717) is 6.41 Å². The van der Waals surface area contributed by atoms with Crippen molar-refractivity contribution in [3.8, 4) is 0 Å². The highest BCUT2D eigenvalue weighted by molar-refractivity contribution is 5.93. The highest BCUT2D eigenvalue weighted by Gasteiger charge is 2.13. The molecular weight excluding hydrogens is 216 g/mol. The third-order valence-corrected chi connectivity index (χ3v) is 1.82. The van der Waals surface area contributed by atoms with Gasteiger partial charge in [0.15, 0.2) is 0 Å². The topological polar surface area (TPSA) is 113 Å². The first-order valence-electron chi connectivity index (χ1n) is 4.28. The van der Waals surface area contributed by atoms with Gasteiger partial charge in [0.2, 0.25) is 12.3 Å². The van der Waals surface area contributed by atoms with Crippen LogP contribution in [0.3, 0.4) is 0 Å². The summed E-state index contributed by atoms with van der Waals surface area (Å²) in [4.78, 5) is 45.8. The van der Waals surface area contributed by atoms with Gasteiger partial charge in [-0.25, -0.2) is 4.79 Å². The fraction of sp³-hybridized carbons (Fsp3) is 0.250. The van der Waals surface area contributed by atoms with E-state index >= 15 is 0 Å². The monoisotopic (exact) mass is 226 g/mol. The maximum atomic E-state index is 11.4. The standard InChI is InChI=1S/C8H10N4O4/c1-4(14)10-5-6(9-3-13)12(2)8(16)11-7(5)15/h3H,1-2H3,(H,9,13)(H,10,14)(H,11,15,16). The molecule has 0 spiro atoms. The van der Waals surface area contributed by atoms with Crippen molar-refractivity contribution in [1.29, 1.82) is 0 Å². The first kappa shape index (κ1) is 11.7. The van der Waals surface area contributed by atoms with E-state index in [1.165, 1.54) is 14.0 Å². The molecule has 0 fully saturated rings. The second-order valence-corrected chi connectivity index (χ2v) is 2.99. The third-order valence-electron chi connectivity index (χ3n) is 1.82. The summed E-state index contributed by atoms with van der Waals surface area (Å²) in [5, 5.41) is 4.41. The summed E-state index contributed by atoms with van der Waals surface area (Å²) in [6.07, 6.45) is 0.305. The smallest absolute Gasteiger partial charge is 0.319 e. The molecule has 1 rings (SSSR count). The molecule has 1 heterocycles. The highest BCUT2D eigenvalue weighted by Crippen LogP contribution is 2.12. The van der Waals surface area contributed by atoms with E-state index < -0.39 is 17.2 Å². The molecule has 3 N–H and O–H groups in total. The molecule has 86 valence electrons. The fourth-order valence-corrected chi connectivity index (χ4v) is 1.14. The minimum absolute atomic E-state index is 0.0704. The van der Waals surface area contributed by atoms with Crippen molar-refractivity contribution in [2.75, 3.05) is 10.6 Å². The van der Waals surface area contributed by atoms with E-state index in [4.69, 9.17) is 0 Å². The number of anilines is 2. The Kier molecular flexibility index (Phi) is 3.24. The van der Waals surface area contributed by atoms with Gasteiger partial charge in [-0.1, -0.05) is 0 Å². The summed E-state index contributed by atoms with van der Waals surface area (Å²) < 4.78 is 1.00. The average Bonchev–Trinajstić information content (AvgIpc) is 2.19. The van der Waals surface area contributed by atoms with Crippen LogP contribution in [-0.4, -0.2) is 21.9 Å². The summed E-state index contributed by atoms with van der Waals surface area (Å²) in [5.74, 6) is -0.558. The van der Waals surface area contributed by atoms with E-state index in [1.807, 2.05) is 4.98 Å². The zero-order valence-electron chi connectivity index (χ0n) is 8.66. The van der Waals surface area contributed by atoms with Crippen molar-refractivity contribution >= 4 is 23.8 Å². The van der Waals surface area contributed by atoms with Gasteiger partial charge in [0.25, 0.3) is 5.56 Å². The van der Waals surface area contributed by atoms with Crippen molar-refractivity contribution < 1.29 is 9.59 Å². The quantitative estimate of drug-likeness (QED) is 0.550. The number of H-pyrrole nitrogens is 1. The molecule has 1 aromatic rings. The lowest BCUT2D eigenvalue weighted by molar-refractivity contribution is -0.114. The van der Waals surface area contributed by atoms with Crippen molar-refractivity contribution in [3.05, 3.63) is 20.8 Å². The van der Waals surface area contributed by atoms with Crippen molar-refractivity contribution in [3.63, 3.8) is 0 Å². The van der Waals surface area contributed by atoms with Gasteiger partial charge in [0.1, 0.15) is 11.5 Å². The maximum Gasteiger partial charge on any atom is 0.329 e. The summed E-state index contributed by atoms with van der Waals surface area (Å²) in [6.45, 7) is 1.20. The van der Waals surface area contributed by atoms with Gasteiger partial charge in [-0.3, -0.25) is 23.9 Å². The molecule has 16 heavy (non-hydrogen) atoms. The summed E-state index contributed by atoms with van der Waals surface area (Å²) in [5.41, 5.74) is -1.65. The number of carbonyl (C=O) groups is 2. The van der Waals surface area contributed by atoms with Gasteiger partial charge >= 0.3 is 5.69 Å². The van der Waals surface area contributed by atoms with Gasteiger partial charge < -0.3 is 10.6 Å². The van der Waals surface area contributed by atoms with E-state index in [-0.39, 0.29) is 11.5 Å². The van der Waals surface area contributed by atoms with Gasteiger partial charge in [0.05, 0.1) is 0 Å². The number of nitrogens with one attached hydrogen (secondary N) is 3. The van der Waals surface area contributed by atoms with Crippen LogP contribution in [0.15, 0.2) is 9.59 Å². The first-order chi connectivity index (χ1) is 7.47. The van der Waals surface area contributed by atoms with Crippen LogP contribution in [0.1, 0.15) is 6.92 Å². The zero-order valence-corrected chi connectivity index (χ0v) is 8.66. The molecule has 1 aromatic heterocycles.